The van der Waals surface area contributed by atoms with Crippen LogP contribution in [0.1, 0.15) is 43.1 Å². The van der Waals surface area contributed by atoms with E-state index in [9.17, 15) is 4.79 Å². The Morgan fingerprint density at radius 3 is 2.69 bits per heavy atom. The Balaban J connectivity index is 2.00. The second-order valence-corrected chi connectivity index (χ2v) is 7.53. The maximum atomic E-state index is 12.1. The van der Waals surface area contributed by atoms with Crippen LogP contribution in [-0.4, -0.2) is 24.6 Å². The van der Waals surface area contributed by atoms with E-state index in [1.54, 1.807) is 24.5 Å². The van der Waals surface area contributed by atoms with Crippen LogP contribution in [0.25, 0.3) is 6.08 Å². The molecule has 0 saturated heterocycles. The number of hydrogen-bond acceptors (Lipinski definition) is 5. The van der Waals surface area contributed by atoms with Crippen molar-refractivity contribution in [2.24, 2.45) is 5.92 Å². The lowest BCUT2D eigenvalue weighted by molar-refractivity contribution is -0.117. The van der Waals surface area contributed by atoms with Gasteiger partial charge in [0.15, 0.2) is 11.5 Å². The van der Waals surface area contributed by atoms with E-state index in [0.29, 0.717) is 24.0 Å². The van der Waals surface area contributed by atoms with Crippen LogP contribution in [-0.2, 0) is 4.79 Å². The van der Waals surface area contributed by atoms with Crippen LogP contribution < -0.4 is 14.8 Å². The Morgan fingerprint density at radius 1 is 1.31 bits per heavy atom. The summed E-state index contributed by atoms with van der Waals surface area (Å²) >= 11 is 1.56. The molecule has 0 fully saturated rings. The first-order valence-corrected chi connectivity index (χ1v) is 9.48. The lowest BCUT2D eigenvalue weighted by atomic mass is 10.1. The minimum absolute atomic E-state index is 0.155. The van der Waals surface area contributed by atoms with Crippen LogP contribution >= 0.6 is 11.3 Å². The second-order valence-electron chi connectivity index (χ2n) is 6.47. The minimum Gasteiger partial charge on any atom is -0.493 e. The van der Waals surface area contributed by atoms with Crippen LogP contribution in [0.4, 0.5) is 0 Å². The van der Waals surface area contributed by atoms with E-state index in [1.807, 2.05) is 37.4 Å². The summed E-state index contributed by atoms with van der Waals surface area (Å²) < 4.78 is 11.2. The number of carbonyl (C=O) groups excluding carboxylic acids is 1. The van der Waals surface area contributed by atoms with Crippen LogP contribution in [0.5, 0.6) is 11.5 Å². The highest BCUT2D eigenvalue weighted by atomic mass is 32.1. The number of carbonyl (C=O) groups is 1. The Bertz CT molecular complexity index is 768. The molecule has 1 N–H and O–H groups in total. The van der Waals surface area contributed by atoms with Crippen LogP contribution in [0.3, 0.4) is 0 Å². The molecule has 1 atom stereocenters. The van der Waals surface area contributed by atoms with Crippen LogP contribution in [0.2, 0.25) is 0 Å². The summed E-state index contributed by atoms with van der Waals surface area (Å²) in [6.45, 7) is 8.69. The topological polar surface area (TPSA) is 60.5 Å². The third kappa shape index (κ3) is 5.88. The summed E-state index contributed by atoms with van der Waals surface area (Å²) in [6, 6.07) is 5.56. The fourth-order valence-electron chi connectivity index (χ4n) is 2.29. The molecule has 5 nitrogen and oxygen atoms in total. The van der Waals surface area contributed by atoms with E-state index in [4.69, 9.17) is 9.47 Å². The van der Waals surface area contributed by atoms with Gasteiger partial charge in [0.2, 0.25) is 5.91 Å². The first-order chi connectivity index (χ1) is 12.4. The fourth-order valence-corrected chi connectivity index (χ4v) is 2.87. The Morgan fingerprint density at radius 2 is 2.08 bits per heavy atom. The molecule has 1 unspecified atom stereocenters. The smallest absolute Gasteiger partial charge is 0.244 e. The zero-order chi connectivity index (χ0) is 19.1. The summed E-state index contributed by atoms with van der Waals surface area (Å²) in [6.07, 6.45) is 3.22. The summed E-state index contributed by atoms with van der Waals surface area (Å²) in [5.41, 5.74) is 1.74. The van der Waals surface area contributed by atoms with Crippen molar-refractivity contribution in [2.75, 3.05) is 13.7 Å². The highest BCUT2D eigenvalue weighted by Crippen LogP contribution is 2.30. The van der Waals surface area contributed by atoms with Crippen molar-refractivity contribution in [3.63, 3.8) is 0 Å². The summed E-state index contributed by atoms with van der Waals surface area (Å²) in [4.78, 5) is 16.4. The van der Waals surface area contributed by atoms with E-state index in [1.165, 1.54) is 6.08 Å². The molecular weight excluding hydrogens is 348 g/mol. The Kier molecular flexibility index (Phi) is 7.21. The van der Waals surface area contributed by atoms with Gasteiger partial charge in [0.1, 0.15) is 0 Å². The molecule has 1 heterocycles. The summed E-state index contributed by atoms with van der Waals surface area (Å²) in [5.74, 6) is 1.65. The number of amides is 1. The van der Waals surface area contributed by atoms with Gasteiger partial charge in [0.25, 0.3) is 0 Å². The van der Waals surface area contributed by atoms with Gasteiger partial charge in [0.05, 0.1) is 30.5 Å². The molecule has 1 aromatic heterocycles. The van der Waals surface area contributed by atoms with Crippen molar-refractivity contribution >= 4 is 23.3 Å². The van der Waals surface area contributed by atoms with Gasteiger partial charge < -0.3 is 14.8 Å². The van der Waals surface area contributed by atoms with Crippen LogP contribution in [0.15, 0.2) is 29.7 Å². The molecule has 1 aromatic carbocycles. The monoisotopic (exact) mass is 374 g/mol. The normalized spacial score (nSPS) is 12.4. The maximum absolute atomic E-state index is 12.1. The first-order valence-electron chi connectivity index (χ1n) is 8.60. The minimum atomic E-state index is -0.165. The predicted octanol–water partition coefficient (Wildman–Crippen LogP) is 4.39. The van der Waals surface area contributed by atoms with Gasteiger partial charge in [-0.15, -0.1) is 11.3 Å². The molecule has 2 aromatic rings. The zero-order valence-electron chi connectivity index (χ0n) is 15.9. The van der Waals surface area contributed by atoms with Crippen molar-refractivity contribution in [1.29, 1.82) is 0 Å². The molecule has 2 rings (SSSR count). The van der Waals surface area contributed by atoms with Gasteiger partial charge in [0, 0.05) is 11.5 Å². The molecular formula is C20H26N2O3S. The number of aromatic nitrogens is 1. The number of hydrogen-bond donors (Lipinski definition) is 1. The van der Waals surface area contributed by atoms with Crippen molar-refractivity contribution in [3.8, 4) is 11.5 Å². The third-order valence-electron chi connectivity index (χ3n) is 3.66. The first kappa shape index (κ1) is 20.0. The molecule has 0 spiro atoms. The number of thiazole rings is 1. The predicted molar refractivity (Wildman–Crippen MR) is 106 cm³/mol. The fraction of sp³-hybridized carbons (Fsp3) is 0.400. The van der Waals surface area contributed by atoms with Gasteiger partial charge in [-0.3, -0.25) is 4.79 Å². The van der Waals surface area contributed by atoms with Gasteiger partial charge in [-0.25, -0.2) is 4.98 Å². The average Bonchev–Trinajstić information content (AvgIpc) is 3.03. The number of nitrogens with one attached hydrogen (secondary N) is 1. The third-order valence-corrected chi connectivity index (χ3v) is 4.45. The van der Waals surface area contributed by atoms with Crippen molar-refractivity contribution in [2.45, 2.75) is 33.7 Å². The summed E-state index contributed by atoms with van der Waals surface area (Å²) in [5, 5.41) is 5.84. The highest BCUT2D eigenvalue weighted by molar-refractivity contribution is 7.09. The second kappa shape index (κ2) is 9.38. The number of rotatable bonds is 8. The molecule has 0 saturated carbocycles. The lowest BCUT2D eigenvalue weighted by Gasteiger charge is -2.17. The molecule has 26 heavy (non-hydrogen) atoms. The van der Waals surface area contributed by atoms with E-state index in [0.717, 1.165) is 16.3 Å². The molecule has 6 heteroatoms. The number of nitrogens with zero attached hydrogens (tertiary/aromatic N) is 1. The molecule has 1 amide bonds. The van der Waals surface area contributed by atoms with E-state index in [2.05, 4.69) is 24.1 Å². The molecule has 0 radical (unpaired) electrons. The van der Waals surface area contributed by atoms with E-state index >= 15 is 0 Å². The molecule has 0 bridgehead atoms. The van der Waals surface area contributed by atoms with Gasteiger partial charge in [-0.1, -0.05) is 19.9 Å². The average molecular weight is 375 g/mol. The van der Waals surface area contributed by atoms with Crippen LogP contribution in [0, 0.1) is 12.8 Å². The highest BCUT2D eigenvalue weighted by Gasteiger charge is 2.12. The van der Waals surface area contributed by atoms with Gasteiger partial charge in [-0.05, 0) is 43.5 Å². The lowest BCUT2D eigenvalue weighted by Crippen LogP contribution is -2.24. The quantitative estimate of drug-likeness (QED) is 0.696. The number of methoxy groups -OCH3 is 1. The SMILES string of the molecule is COc1cc(C(C)NC(=O)/C=C/c2csc(C)n2)ccc1OCC(C)C. The standard InChI is InChI=1S/C20H26N2O3S/c1-13(2)11-25-18-8-6-16(10-19(18)24-5)14(3)21-20(23)9-7-17-12-26-15(4)22-17/h6-10,12-14H,11H2,1-5H3,(H,21,23)/b9-7+. The van der Waals surface area contributed by atoms with E-state index in [-0.39, 0.29) is 11.9 Å². The molecule has 140 valence electrons. The van der Waals surface area contributed by atoms with Crippen molar-refractivity contribution in [3.05, 3.63) is 45.9 Å². The van der Waals surface area contributed by atoms with Crippen molar-refractivity contribution in [1.82, 2.24) is 10.3 Å². The zero-order valence-corrected chi connectivity index (χ0v) is 16.7. The molecule has 0 aliphatic rings. The maximum Gasteiger partial charge on any atom is 0.244 e. The summed E-state index contributed by atoms with van der Waals surface area (Å²) in [7, 11) is 1.61. The number of ether oxygens (including phenoxy) is 2. The van der Waals surface area contributed by atoms with Gasteiger partial charge >= 0.3 is 0 Å². The van der Waals surface area contributed by atoms with Crippen molar-refractivity contribution < 1.29 is 14.3 Å². The molecule has 0 aliphatic carbocycles. The number of aryl methyl sites for hydroxylation is 1. The largest absolute Gasteiger partial charge is 0.493 e. The van der Waals surface area contributed by atoms with Gasteiger partial charge in [-0.2, -0.15) is 0 Å². The molecule has 0 aliphatic heterocycles. The Labute approximate surface area is 159 Å². The number of benzene rings is 1. The Hall–Kier alpha value is -2.34. The van der Waals surface area contributed by atoms with E-state index < -0.39 is 0 Å².